The van der Waals surface area contributed by atoms with E-state index in [0.29, 0.717) is 16.9 Å². The molecule has 0 unspecified atom stereocenters. The molecule has 0 saturated carbocycles. The molecule has 0 bridgehead atoms. The largest absolute Gasteiger partial charge is 0.354 e. The van der Waals surface area contributed by atoms with E-state index in [1.54, 1.807) is 12.1 Å². The molecule has 1 aromatic heterocycles. The van der Waals surface area contributed by atoms with Crippen LogP contribution < -0.4 is 16.0 Å². The number of halogens is 1. The van der Waals surface area contributed by atoms with Gasteiger partial charge >= 0.3 is 0 Å². The summed E-state index contributed by atoms with van der Waals surface area (Å²) < 4.78 is 12.9. The first-order chi connectivity index (χ1) is 13.5. The number of hydrogen-bond acceptors (Lipinski definition) is 4. The zero-order valence-electron chi connectivity index (χ0n) is 14.7. The lowest BCUT2D eigenvalue weighted by molar-refractivity contribution is 0.0943. The average molecular weight is 381 g/mol. The monoisotopic (exact) mass is 381 g/mol. The van der Waals surface area contributed by atoms with Gasteiger partial charge in [0.15, 0.2) is 5.69 Å². The van der Waals surface area contributed by atoms with Crippen molar-refractivity contribution in [2.75, 3.05) is 17.7 Å². The Morgan fingerprint density at radius 2 is 1.43 bits per heavy atom. The SMILES string of the molecule is CNC(=O)c1[nH]cnc1C(=O)Nc1ccc(C(=O)Nc2ccc(F)cc2)cc1. The molecule has 0 atom stereocenters. The first-order valence-corrected chi connectivity index (χ1v) is 8.21. The zero-order chi connectivity index (χ0) is 20.1. The number of carbonyl (C=O) groups excluding carboxylic acids is 3. The van der Waals surface area contributed by atoms with Crippen LogP contribution in [0.4, 0.5) is 15.8 Å². The predicted molar refractivity (Wildman–Crippen MR) is 101 cm³/mol. The van der Waals surface area contributed by atoms with Gasteiger partial charge in [0, 0.05) is 24.0 Å². The highest BCUT2D eigenvalue weighted by Gasteiger charge is 2.19. The quantitative estimate of drug-likeness (QED) is 0.543. The fourth-order valence-electron chi connectivity index (χ4n) is 2.40. The number of imidazole rings is 1. The number of benzene rings is 2. The van der Waals surface area contributed by atoms with E-state index in [1.165, 1.54) is 49.8 Å². The Morgan fingerprint density at radius 1 is 0.857 bits per heavy atom. The minimum absolute atomic E-state index is 0.0440. The maximum absolute atomic E-state index is 12.9. The van der Waals surface area contributed by atoms with Crippen molar-refractivity contribution in [3.05, 3.63) is 77.6 Å². The minimum atomic E-state index is -0.566. The van der Waals surface area contributed by atoms with Crippen molar-refractivity contribution >= 4 is 29.1 Å². The molecule has 0 spiro atoms. The predicted octanol–water partition coefficient (Wildman–Crippen LogP) is 2.41. The molecular formula is C19H16FN5O3. The summed E-state index contributed by atoms with van der Waals surface area (Å²) in [6.07, 6.45) is 1.25. The van der Waals surface area contributed by atoms with E-state index in [1.807, 2.05) is 0 Å². The van der Waals surface area contributed by atoms with E-state index in [0.717, 1.165) is 0 Å². The molecule has 1 heterocycles. The molecule has 0 radical (unpaired) electrons. The average Bonchev–Trinajstić information content (AvgIpc) is 3.19. The van der Waals surface area contributed by atoms with E-state index in [4.69, 9.17) is 0 Å². The first-order valence-electron chi connectivity index (χ1n) is 8.21. The number of nitrogens with one attached hydrogen (secondary N) is 4. The fourth-order valence-corrected chi connectivity index (χ4v) is 2.40. The Kier molecular flexibility index (Phi) is 5.45. The van der Waals surface area contributed by atoms with Gasteiger partial charge in [0.1, 0.15) is 11.5 Å². The fraction of sp³-hybridized carbons (Fsp3) is 0.0526. The van der Waals surface area contributed by atoms with Gasteiger partial charge in [0.2, 0.25) is 0 Å². The number of nitrogens with zero attached hydrogens (tertiary/aromatic N) is 1. The summed E-state index contributed by atoms with van der Waals surface area (Å²) in [6.45, 7) is 0. The van der Waals surface area contributed by atoms with Crippen molar-refractivity contribution in [3.63, 3.8) is 0 Å². The zero-order valence-corrected chi connectivity index (χ0v) is 14.7. The summed E-state index contributed by atoms with van der Waals surface area (Å²) in [5, 5.41) is 7.67. The molecule has 142 valence electrons. The number of aromatic nitrogens is 2. The van der Waals surface area contributed by atoms with Gasteiger partial charge in [-0.15, -0.1) is 0 Å². The summed E-state index contributed by atoms with van der Waals surface area (Å²) >= 11 is 0. The number of amides is 3. The van der Waals surface area contributed by atoms with Gasteiger partial charge in [0.05, 0.1) is 6.33 Å². The van der Waals surface area contributed by atoms with Crippen molar-refractivity contribution in [2.24, 2.45) is 0 Å². The van der Waals surface area contributed by atoms with Gasteiger partial charge in [-0.2, -0.15) is 0 Å². The highest BCUT2D eigenvalue weighted by Crippen LogP contribution is 2.14. The van der Waals surface area contributed by atoms with Crippen LogP contribution >= 0.6 is 0 Å². The highest BCUT2D eigenvalue weighted by atomic mass is 19.1. The standard InChI is InChI=1S/C19H16FN5O3/c1-21-18(27)15-16(23-10-22-15)19(28)25-13-6-2-11(3-7-13)17(26)24-14-8-4-12(20)5-9-14/h2-10H,1H3,(H,21,27)(H,22,23)(H,24,26)(H,25,28). The van der Waals surface area contributed by atoms with Gasteiger partial charge in [-0.05, 0) is 48.5 Å². The maximum Gasteiger partial charge on any atom is 0.276 e. The van der Waals surface area contributed by atoms with Crippen LogP contribution in [-0.2, 0) is 0 Å². The van der Waals surface area contributed by atoms with E-state index in [2.05, 4.69) is 25.9 Å². The van der Waals surface area contributed by atoms with Crippen molar-refractivity contribution in [1.82, 2.24) is 15.3 Å². The molecule has 0 aliphatic carbocycles. The minimum Gasteiger partial charge on any atom is -0.354 e. The molecule has 0 aliphatic heterocycles. The van der Waals surface area contributed by atoms with Gasteiger partial charge in [0.25, 0.3) is 17.7 Å². The van der Waals surface area contributed by atoms with Gasteiger partial charge in [-0.25, -0.2) is 9.37 Å². The Labute approximate surface area is 159 Å². The summed E-state index contributed by atoms with van der Waals surface area (Å²) in [5.41, 5.74) is 1.25. The number of rotatable bonds is 5. The normalized spacial score (nSPS) is 10.2. The van der Waals surface area contributed by atoms with Gasteiger partial charge < -0.3 is 20.9 Å². The molecule has 2 aromatic carbocycles. The van der Waals surface area contributed by atoms with Crippen molar-refractivity contribution in [2.45, 2.75) is 0 Å². The molecule has 4 N–H and O–H groups in total. The highest BCUT2D eigenvalue weighted by molar-refractivity contribution is 6.10. The molecule has 9 heteroatoms. The second-order valence-electron chi connectivity index (χ2n) is 5.70. The van der Waals surface area contributed by atoms with Crippen molar-refractivity contribution < 1.29 is 18.8 Å². The molecule has 3 amide bonds. The van der Waals surface area contributed by atoms with Crippen LogP contribution in [0.25, 0.3) is 0 Å². The molecule has 8 nitrogen and oxygen atoms in total. The molecule has 3 aromatic rings. The van der Waals surface area contributed by atoms with Gasteiger partial charge in [-0.1, -0.05) is 0 Å². The second-order valence-corrected chi connectivity index (χ2v) is 5.70. The molecule has 3 rings (SSSR count). The topological polar surface area (TPSA) is 116 Å². The van der Waals surface area contributed by atoms with Crippen molar-refractivity contribution in [1.29, 1.82) is 0 Å². The van der Waals surface area contributed by atoms with Crippen LogP contribution in [0.2, 0.25) is 0 Å². The van der Waals surface area contributed by atoms with Crippen molar-refractivity contribution in [3.8, 4) is 0 Å². The lowest BCUT2D eigenvalue weighted by atomic mass is 10.2. The second kappa shape index (κ2) is 8.12. The third-order valence-electron chi connectivity index (χ3n) is 3.82. The van der Waals surface area contributed by atoms with Crippen LogP contribution in [0.15, 0.2) is 54.9 Å². The van der Waals surface area contributed by atoms with Crippen LogP contribution in [0.3, 0.4) is 0 Å². The third kappa shape index (κ3) is 4.21. The van der Waals surface area contributed by atoms with Crippen LogP contribution in [0.5, 0.6) is 0 Å². The Balaban J connectivity index is 1.66. The number of H-pyrrole nitrogens is 1. The smallest absolute Gasteiger partial charge is 0.276 e. The lowest BCUT2D eigenvalue weighted by Crippen LogP contribution is -2.23. The van der Waals surface area contributed by atoms with Crippen LogP contribution in [0.1, 0.15) is 31.3 Å². The summed E-state index contributed by atoms with van der Waals surface area (Å²) in [6, 6.07) is 11.5. The number of carbonyl (C=O) groups is 3. The molecule has 0 aliphatic rings. The maximum atomic E-state index is 12.9. The molecular weight excluding hydrogens is 365 g/mol. The molecule has 0 saturated heterocycles. The Bertz CT molecular complexity index is 1010. The first kappa shape index (κ1) is 18.8. The van der Waals surface area contributed by atoms with E-state index < -0.39 is 17.6 Å². The Morgan fingerprint density at radius 3 is 2.04 bits per heavy atom. The number of hydrogen-bond donors (Lipinski definition) is 4. The van der Waals surface area contributed by atoms with E-state index in [9.17, 15) is 18.8 Å². The Hall–Kier alpha value is -4.01. The van der Waals surface area contributed by atoms with Gasteiger partial charge in [-0.3, -0.25) is 14.4 Å². The van der Waals surface area contributed by atoms with Crippen LogP contribution in [0, 0.1) is 5.82 Å². The van der Waals surface area contributed by atoms with E-state index in [-0.39, 0.29) is 17.3 Å². The molecule has 28 heavy (non-hydrogen) atoms. The van der Waals surface area contributed by atoms with E-state index >= 15 is 0 Å². The summed E-state index contributed by atoms with van der Waals surface area (Å²) in [5.74, 6) is -1.80. The lowest BCUT2D eigenvalue weighted by Gasteiger charge is -2.08. The number of aromatic amines is 1. The number of anilines is 2. The summed E-state index contributed by atoms with van der Waals surface area (Å²) in [4.78, 5) is 42.7. The summed E-state index contributed by atoms with van der Waals surface area (Å²) in [7, 11) is 1.45. The molecule has 0 fully saturated rings. The third-order valence-corrected chi connectivity index (χ3v) is 3.82. The van der Waals surface area contributed by atoms with Crippen LogP contribution in [-0.4, -0.2) is 34.7 Å².